The van der Waals surface area contributed by atoms with Crippen LogP contribution in [0.5, 0.6) is 0 Å². The fraction of sp³-hybridized carbons (Fsp3) is 0.500. The van der Waals surface area contributed by atoms with Crippen LogP contribution in [0.1, 0.15) is 33.1 Å². The molecule has 1 aromatic carbocycles. The molecule has 2 rings (SSSR count). The summed E-state index contributed by atoms with van der Waals surface area (Å²) in [6.45, 7) is 5.93. The number of rotatable bonds is 5. The zero-order valence-corrected chi connectivity index (χ0v) is 12.7. The highest BCUT2D eigenvalue weighted by Gasteiger charge is 2.13. The van der Waals surface area contributed by atoms with Crippen molar-refractivity contribution in [3.63, 3.8) is 0 Å². The van der Waals surface area contributed by atoms with Crippen molar-refractivity contribution in [3.05, 3.63) is 24.3 Å². The van der Waals surface area contributed by atoms with Crippen molar-refractivity contribution >= 4 is 23.2 Å². The van der Waals surface area contributed by atoms with Crippen LogP contribution < -0.4 is 15.5 Å². The number of hydrogen-bond donors (Lipinski definition) is 2. The largest absolute Gasteiger partial charge is 0.372 e. The van der Waals surface area contributed by atoms with Crippen molar-refractivity contribution in [2.45, 2.75) is 39.2 Å². The van der Waals surface area contributed by atoms with Crippen LogP contribution in [0.3, 0.4) is 0 Å². The lowest BCUT2D eigenvalue weighted by atomic mass is 10.2. The van der Waals surface area contributed by atoms with Crippen LogP contribution in [-0.2, 0) is 9.59 Å². The number of anilines is 2. The molecular weight excluding hydrogens is 266 g/mol. The Bertz CT molecular complexity index is 491. The molecule has 0 unspecified atom stereocenters. The van der Waals surface area contributed by atoms with Crippen molar-refractivity contribution in [1.82, 2.24) is 5.32 Å². The number of nitrogens with one attached hydrogen (secondary N) is 2. The highest BCUT2D eigenvalue weighted by atomic mass is 16.2. The molecule has 1 aliphatic heterocycles. The van der Waals surface area contributed by atoms with E-state index in [-0.39, 0.29) is 24.3 Å². The van der Waals surface area contributed by atoms with E-state index in [9.17, 15) is 9.59 Å². The summed E-state index contributed by atoms with van der Waals surface area (Å²) in [5, 5.41) is 5.44. The minimum Gasteiger partial charge on any atom is -0.372 e. The second kappa shape index (κ2) is 7.11. The Morgan fingerprint density at radius 3 is 2.29 bits per heavy atom. The highest BCUT2D eigenvalue weighted by molar-refractivity contribution is 6.03. The van der Waals surface area contributed by atoms with E-state index in [1.807, 2.05) is 38.1 Å². The minimum absolute atomic E-state index is 0.0463. The van der Waals surface area contributed by atoms with Gasteiger partial charge in [0.15, 0.2) is 0 Å². The molecule has 1 aliphatic rings. The van der Waals surface area contributed by atoms with Crippen molar-refractivity contribution in [1.29, 1.82) is 0 Å². The monoisotopic (exact) mass is 289 g/mol. The molecule has 0 atom stereocenters. The third kappa shape index (κ3) is 4.77. The second-order valence-electron chi connectivity index (χ2n) is 5.69. The van der Waals surface area contributed by atoms with E-state index >= 15 is 0 Å². The van der Waals surface area contributed by atoms with E-state index in [0.717, 1.165) is 18.8 Å². The van der Waals surface area contributed by atoms with Gasteiger partial charge >= 0.3 is 0 Å². The Kier molecular flexibility index (Phi) is 5.20. The van der Waals surface area contributed by atoms with Gasteiger partial charge in [-0.15, -0.1) is 0 Å². The molecule has 0 saturated carbocycles. The summed E-state index contributed by atoms with van der Waals surface area (Å²) in [4.78, 5) is 25.6. The molecule has 0 spiro atoms. The quantitative estimate of drug-likeness (QED) is 0.816. The van der Waals surface area contributed by atoms with Crippen LogP contribution in [0.4, 0.5) is 11.4 Å². The first-order chi connectivity index (χ1) is 10.0. The maximum Gasteiger partial charge on any atom is 0.233 e. The zero-order chi connectivity index (χ0) is 15.2. The Labute approximate surface area is 125 Å². The third-order valence-electron chi connectivity index (χ3n) is 3.39. The molecule has 5 heteroatoms. The van der Waals surface area contributed by atoms with Gasteiger partial charge in [-0.25, -0.2) is 0 Å². The second-order valence-corrected chi connectivity index (χ2v) is 5.69. The number of hydrogen-bond acceptors (Lipinski definition) is 3. The molecule has 1 aromatic rings. The summed E-state index contributed by atoms with van der Waals surface area (Å²) < 4.78 is 0. The zero-order valence-electron chi connectivity index (χ0n) is 12.7. The first-order valence-electron chi connectivity index (χ1n) is 7.49. The average molecular weight is 289 g/mol. The number of benzene rings is 1. The Hall–Kier alpha value is -2.04. The van der Waals surface area contributed by atoms with E-state index in [1.165, 1.54) is 18.5 Å². The van der Waals surface area contributed by atoms with Crippen molar-refractivity contribution in [3.8, 4) is 0 Å². The van der Waals surface area contributed by atoms with Gasteiger partial charge < -0.3 is 15.5 Å². The summed E-state index contributed by atoms with van der Waals surface area (Å²) >= 11 is 0. The molecule has 0 bridgehead atoms. The van der Waals surface area contributed by atoms with Gasteiger partial charge in [-0.05, 0) is 51.0 Å². The first-order valence-corrected chi connectivity index (χ1v) is 7.49. The highest BCUT2D eigenvalue weighted by Crippen LogP contribution is 2.22. The Morgan fingerprint density at radius 1 is 1.10 bits per heavy atom. The van der Waals surface area contributed by atoms with E-state index in [0.29, 0.717) is 0 Å². The number of nitrogens with zero attached hydrogens (tertiary/aromatic N) is 1. The molecule has 1 fully saturated rings. The predicted molar refractivity (Wildman–Crippen MR) is 84.4 cm³/mol. The molecule has 0 radical (unpaired) electrons. The standard InChI is InChI=1S/C16H23N3O2/c1-12(2)17-15(20)11-16(21)18-13-5-7-14(8-6-13)19-9-3-4-10-19/h5-8,12H,3-4,9-11H2,1-2H3,(H,17,20)(H,18,21). The average Bonchev–Trinajstić information content (AvgIpc) is 2.92. The van der Waals surface area contributed by atoms with Crippen LogP contribution >= 0.6 is 0 Å². The van der Waals surface area contributed by atoms with Gasteiger partial charge in [-0.3, -0.25) is 9.59 Å². The van der Waals surface area contributed by atoms with Crippen LogP contribution in [0.15, 0.2) is 24.3 Å². The SMILES string of the molecule is CC(C)NC(=O)CC(=O)Nc1ccc(N2CCCC2)cc1. The lowest BCUT2D eigenvalue weighted by Gasteiger charge is -2.17. The molecule has 2 amide bonds. The molecule has 1 heterocycles. The summed E-state index contributed by atoms with van der Waals surface area (Å²) in [5.74, 6) is -0.543. The maximum atomic E-state index is 11.8. The van der Waals surface area contributed by atoms with Gasteiger partial charge in [0.05, 0.1) is 0 Å². The third-order valence-corrected chi connectivity index (χ3v) is 3.39. The van der Waals surface area contributed by atoms with E-state index in [1.54, 1.807) is 0 Å². The minimum atomic E-state index is -0.290. The van der Waals surface area contributed by atoms with E-state index < -0.39 is 0 Å². The molecule has 2 N–H and O–H groups in total. The molecule has 0 aromatic heterocycles. The molecular formula is C16H23N3O2. The van der Waals surface area contributed by atoms with Gasteiger partial charge in [0, 0.05) is 30.5 Å². The Balaban J connectivity index is 1.85. The van der Waals surface area contributed by atoms with Gasteiger partial charge in [-0.1, -0.05) is 0 Å². The van der Waals surface area contributed by atoms with E-state index in [2.05, 4.69) is 15.5 Å². The smallest absolute Gasteiger partial charge is 0.233 e. The molecule has 0 aliphatic carbocycles. The summed E-state index contributed by atoms with van der Waals surface area (Å²) in [6, 6.07) is 7.83. The molecule has 5 nitrogen and oxygen atoms in total. The molecule has 1 saturated heterocycles. The topological polar surface area (TPSA) is 61.4 Å². The number of carbonyl (C=O) groups excluding carboxylic acids is 2. The van der Waals surface area contributed by atoms with Crippen LogP contribution in [0.25, 0.3) is 0 Å². The maximum absolute atomic E-state index is 11.8. The van der Waals surface area contributed by atoms with Crippen LogP contribution in [-0.4, -0.2) is 30.9 Å². The number of amides is 2. The lowest BCUT2D eigenvalue weighted by molar-refractivity contribution is -0.127. The molecule has 21 heavy (non-hydrogen) atoms. The first kappa shape index (κ1) is 15.4. The van der Waals surface area contributed by atoms with Crippen LogP contribution in [0.2, 0.25) is 0 Å². The Morgan fingerprint density at radius 2 is 1.71 bits per heavy atom. The van der Waals surface area contributed by atoms with Gasteiger partial charge in [0.1, 0.15) is 6.42 Å². The number of carbonyl (C=O) groups is 2. The predicted octanol–water partition coefficient (Wildman–Crippen LogP) is 2.14. The van der Waals surface area contributed by atoms with Crippen molar-refractivity contribution < 1.29 is 9.59 Å². The summed E-state index contributed by atoms with van der Waals surface area (Å²) in [7, 11) is 0. The van der Waals surface area contributed by atoms with Gasteiger partial charge in [0.2, 0.25) is 11.8 Å². The fourth-order valence-electron chi connectivity index (χ4n) is 2.45. The van der Waals surface area contributed by atoms with Crippen molar-refractivity contribution in [2.24, 2.45) is 0 Å². The van der Waals surface area contributed by atoms with Crippen LogP contribution in [0, 0.1) is 0 Å². The lowest BCUT2D eigenvalue weighted by Crippen LogP contribution is -2.33. The summed E-state index contributed by atoms with van der Waals surface area (Å²) in [5.41, 5.74) is 1.91. The van der Waals surface area contributed by atoms with Gasteiger partial charge in [-0.2, -0.15) is 0 Å². The summed E-state index contributed by atoms with van der Waals surface area (Å²) in [6.07, 6.45) is 2.33. The molecule has 114 valence electrons. The van der Waals surface area contributed by atoms with Gasteiger partial charge in [0.25, 0.3) is 0 Å². The fourth-order valence-corrected chi connectivity index (χ4v) is 2.45. The van der Waals surface area contributed by atoms with E-state index in [4.69, 9.17) is 0 Å². The van der Waals surface area contributed by atoms with Crippen molar-refractivity contribution in [2.75, 3.05) is 23.3 Å². The normalized spacial score (nSPS) is 14.3.